The molecule has 0 bridgehead atoms. The van der Waals surface area contributed by atoms with Gasteiger partial charge in [-0.15, -0.1) is 0 Å². The van der Waals surface area contributed by atoms with Gasteiger partial charge in [-0.1, -0.05) is 30.3 Å². The minimum absolute atomic E-state index is 0.0257. The fourth-order valence-corrected chi connectivity index (χ4v) is 3.15. The lowest BCUT2D eigenvalue weighted by Gasteiger charge is -2.19. The average molecular weight is 347 g/mol. The van der Waals surface area contributed by atoms with Crippen LogP contribution in [0.25, 0.3) is 11.2 Å². The van der Waals surface area contributed by atoms with Crippen LogP contribution in [-0.2, 0) is 20.0 Å². The van der Waals surface area contributed by atoms with Gasteiger partial charge in [-0.05, 0) is 18.9 Å². The van der Waals surface area contributed by atoms with Gasteiger partial charge in [0.1, 0.15) is 17.7 Å². The van der Waals surface area contributed by atoms with Crippen LogP contribution in [0.3, 0.4) is 0 Å². The van der Waals surface area contributed by atoms with E-state index in [4.69, 9.17) is 0 Å². The van der Waals surface area contributed by atoms with E-state index in [1.165, 1.54) is 5.56 Å². The normalized spacial score (nSPS) is 12.4. The van der Waals surface area contributed by atoms with E-state index >= 15 is 0 Å². The smallest absolute Gasteiger partial charge is 0.165 e. The zero-order valence-electron chi connectivity index (χ0n) is 14.9. The van der Waals surface area contributed by atoms with Crippen LogP contribution in [-0.4, -0.2) is 29.1 Å². The Hall–Kier alpha value is -3.22. The summed E-state index contributed by atoms with van der Waals surface area (Å²) in [6.45, 7) is 2.89. The summed E-state index contributed by atoms with van der Waals surface area (Å²) in [7, 11) is 2.00. The highest BCUT2D eigenvalue weighted by molar-refractivity contribution is 5.82. The van der Waals surface area contributed by atoms with Gasteiger partial charge in [0.2, 0.25) is 0 Å². The molecule has 1 N–H and O–H groups in total. The second-order valence-electron chi connectivity index (χ2n) is 6.21. The number of benzene rings is 1. The molecule has 0 radical (unpaired) electrons. The summed E-state index contributed by atoms with van der Waals surface area (Å²) < 4.78 is 4.04. The minimum Gasteiger partial charge on any atom is -0.358 e. The molecule has 0 amide bonds. The van der Waals surface area contributed by atoms with Gasteiger partial charge in [0, 0.05) is 26.0 Å². The number of nitrogens with one attached hydrogen (secondary N) is 1. The third-order valence-electron chi connectivity index (χ3n) is 4.51. The van der Waals surface area contributed by atoms with Crippen molar-refractivity contribution in [2.24, 2.45) is 7.05 Å². The molecule has 3 aromatic heterocycles. The van der Waals surface area contributed by atoms with Gasteiger partial charge >= 0.3 is 0 Å². The lowest BCUT2D eigenvalue weighted by molar-refractivity contribution is 0.667. The summed E-state index contributed by atoms with van der Waals surface area (Å²) in [5.74, 6) is 1.68. The molecule has 0 saturated carbocycles. The minimum atomic E-state index is -0.0257. The maximum atomic E-state index is 4.54. The van der Waals surface area contributed by atoms with Crippen molar-refractivity contribution in [3.63, 3.8) is 0 Å². The number of aromatic nitrogens is 6. The van der Waals surface area contributed by atoms with Crippen LogP contribution in [0.5, 0.6) is 0 Å². The number of nitrogens with zero attached hydrogens (tertiary/aromatic N) is 6. The van der Waals surface area contributed by atoms with Crippen molar-refractivity contribution in [1.29, 1.82) is 0 Å². The first kappa shape index (κ1) is 16.3. The third-order valence-corrected chi connectivity index (χ3v) is 4.51. The Morgan fingerprint density at radius 2 is 1.92 bits per heavy atom. The first-order valence-corrected chi connectivity index (χ1v) is 8.69. The quantitative estimate of drug-likeness (QED) is 0.580. The third kappa shape index (κ3) is 3.03. The standard InChI is InChI=1S/C19H21N7/c1-3-26-13-23-16-17(21-12-22-19(16)26)24-15(18-20-9-10-25(18)2)11-14-7-5-4-6-8-14/h4-10,12-13,15H,3,11H2,1-2H3,(H,21,22,24). The molecule has 26 heavy (non-hydrogen) atoms. The Balaban J connectivity index is 1.71. The Morgan fingerprint density at radius 3 is 2.65 bits per heavy atom. The highest BCUT2D eigenvalue weighted by Crippen LogP contribution is 2.25. The summed E-state index contributed by atoms with van der Waals surface area (Å²) in [6, 6.07) is 10.4. The molecule has 0 saturated heterocycles. The van der Waals surface area contributed by atoms with Crippen molar-refractivity contribution in [2.75, 3.05) is 5.32 Å². The van der Waals surface area contributed by atoms with Crippen molar-refractivity contribution in [2.45, 2.75) is 25.9 Å². The van der Waals surface area contributed by atoms with Gasteiger partial charge in [0.15, 0.2) is 11.5 Å². The van der Waals surface area contributed by atoms with Crippen molar-refractivity contribution >= 4 is 17.0 Å². The summed E-state index contributed by atoms with van der Waals surface area (Å²) >= 11 is 0. The zero-order valence-corrected chi connectivity index (χ0v) is 14.9. The first-order chi connectivity index (χ1) is 12.8. The number of hydrogen-bond acceptors (Lipinski definition) is 5. The predicted molar refractivity (Wildman–Crippen MR) is 101 cm³/mol. The number of fused-ring (bicyclic) bond motifs is 1. The second-order valence-corrected chi connectivity index (χ2v) is 6.21. The number of imidazole rings is 2. The van der Waals surface area contributed by atoms with E-state index < -0.39 is 0 Å². The van der Waals surface area contributed by atoms with Gasteiger partial charge in [0.25, 0.3) is 0 Å². The lowest BCUT2D eigenvalue weighted by atomic mass is 10.1. The summed E-state index contributed by atoms with van der Waals surface area (Å²) in [5.41, 5.74) is 2.85. The molecule has 1 unspecified atom stereocenters. The summed E-state index contributed by atoms with van der Waals surface area (Å²) in [4.78, 5) is 17.9. The number of rotatable bonds is 6. The molecule has 7 nitrogen and oxygen atoms in total. The van der Waals surface area contributed by atoms with E-state index in [2.05, 4.69) is 56.4 Å². The molecule has 0 fully saturated rings. The maximum absolute atomic E-state index is 4.54. The second kappa shape index (κ2) is 6.95. The predicted octanol–water partition coefficient (Wildman–Crippen LogP) is 2.98. The Kier molecular flexibility index (Phi) is 4.35. The van der Waals surface area contributed by atoms with Crippen LogP contribution < -0.4 is 5.32 Å². The van der Waals surface area contributed by atoms with Crippen molar-refractivity contribution < 1.29 is 0 Å². The molecule has 132 valence electrons. The molecule has 0 aliphatic carbocycles. The van der Waals surface area contributed by atoms with Crippen LogP contribution in [0.1, 0.15) is 24.4 Å². The molecule has 0 aliphatic heterocycles. The fourth-order valence-electron chi connectivity index (χ4n) is 3.15. The van der Waals surface area contributed by atoms with Crippen molar-refractivity contribution in [3.8, 4) is 0 Å². The van der Waals surface area contributed by atoms with E-state index in [1.54, 1.807) is 12.7 Å². The van der Waals surface area contributed by atoms with E-state index in [1.807, 2.05) is 34.6 Å². The molecule has 7 heteroatoms. The average Bonchev–Trinajstić information content (AvgIpc) is 3.28. The van der Waals surface area contributed by atoms with E-state index in [0.717, 1.165) is 35.8 Å². The van der Waals surface area contributed by atoms with Gasteiger partial charge < -0.3 is 14.5 Å². The molecule has 3 heterocycles. The van der Waals surface area contributed by atoms with Gasteiger partial charge in [-0.3, -0.25) is 0 Å². The molecule has 1 aromatic carbocycles. The van der Waals surface area contributed by atoms with Crippen LogP contribution in [0.2, 0.25) is 0 Å². The Morgan fingerprint density at radius 1 is 1.08 bits per heavy atom. The van der Waals surface area contributed by atoms with Crippen LogP contribution in [0.15, 0.2) is 55.4 Å². The van der Waals surface area contributed by atoms with Gasteiger partial charge in [-0.25, -0.2) is 19.9 Å². The van der Waals surface area contributed by atoms with E-state index in [9.17, 15) is 0 Å². The Labute approximate surface area is 151 Å². The largest absolute Gasteiger partial charge is 0.358 e. The summed E-state index contributed by atoms with van der Waals surface area (Å²) in [5, 5.41) is 3.54. The molecule has 4 rings (SSSR count). The van der Waals surface area contributed by atoms with E-state index in [0.29, 0.717) is 0 Å². The molecule has 0 spiro atoms. The number of hydrogen-bond donors (Lipinski definition) is 1. The molecular formula is C19H21N7. The highest BCUT2D eigenvalue weighted by Gasteiger charge is 2.19. The monoisotopic (exact) mass is 347 g/mol. The number of anilines is 1. The fraction of sp³-hybridized carbons (Fsp3) is 0.263. The molecular weight excluding hydrogens is 326 g/mol. The lowest BCUT2D eigenvalue weighted by Crippen LogP contribution is -2.19. The SMILES string of the molecule is CCn1cnc2c(NC(Cc3ccccc3)c3nccn3C)ncnc21. The molecule has 0 aliphatic rings. The van der Waals surface area contributed by atoms with Gasteiger partial charge in [-0.2, -0.15) is 0 Å². The van der Waals surface area contributed by atoms with Crippen LogP contribution in [0, 0.1) is 0 Å². The first-order valence-electron chi connectivity index (χ1n) is 8.69. The van der Waals surface area contributed by atoms with Crippen LogP contribution >= 0.6 is 0 Å². The maximum Gasteiger partial charge on any atom is 0.165 e. The topological polar surface area (TPSA) is 73.5 Å². The zero-order chi connectivity index (χ0) is 17.9. The van der Waals surface area contributed by atoms with Crippen LogP contribution in [0.4, 0.5) is 5.82 Å². The molecule has 4 aromatic rings. The number of aryl methyl sites for hydroxylation is 2. The highest BCUT2D eigenvalue weighted by atomic mass is 15.2. The van der Waals surface area contributed by atoms with Crippen molar-refractivity contribution in [1.82, 2.24) is 29.1 Å². The molecule has 1 atom stereocenters. The van der Waals surface area contributed by atoms with E-state index in [-0.39, 0.29) is 6.04 Å². The van der Waals surface area contributed by atoms with Crippen molar-refractivity contribution in [3.05, 3.63) is 66.8 Å². The Bertz CT molecular complexity index is 1000. The summed E-state index contributed by atoms with van der Waals surface area (Å²) in [6.07, 6.45) is 7.95. The van der Waals surface area contributed by atoms with Gasteiger partial charge in [0.05, 0.1) is 12.4 Å².